The Balaban J connectivity index is 1.97. The predicted octanol–water partition coefficient (Wildman–Crippen LogP) is 4.83. The van der Waals surface area contributed by atoms with Crippen LogP contribution in [0.3, 0.4) is 0 Å². The van der Waals surface area contributed by atoms with Gasteiger partial charge < -0.3 is 5.32 Å². The maximum atomic E-state index is 14.0. The average Bonchev–Trinajstić information content (AvgIpc) is 2.96. The highest BCUT2D eigenvalue weighted by Gasteiger charge is 2.20. The fourth-order valence-corrected chi connectivity index (χ4v) is 3.46. The maximum Gasteiger partial charge on any atom is 0.143 e. The van der Waals surface area contributed by atoms with E-state index in [0.29, 0.717) is 10.9 Å². The van der Waals surface area contributed by atoms with Crippen LogP contribution in [0.2, 0.25) is 0 Å². The Morgan fingerprint density at radius 2 is 2.00 bits per heavy atom. The quantitative estimate of drug-likeness (QED) is 0.728. The Kier molecular flexibility index (Phi) is 5.97. The van der Waals surface area contributed by atoms with Crippen LogP contribution in [0, 0.1) is 17.6 Å². The van der Waals surface area contributed by atoms with Gasteiger partial charge in [-0.1, -0.05) is 25.7 Å². The molecule has 1 saturated carbocycles. The third kappa shape index (κ3) is 4.01. The van der Waals surface area contributed by atoms with Gasteiger partial charge in [-0.2, -0.15) is 0 Å². The zero-order valence-corrected chi connectivity index (χ0v) is 13.5. The molecule has 0 spiro atoms. The SMILES string of the molecule is CNC(CCC1CCCC1)Cc1c(F)ccc(Br)c1F. The van der Waals surface area contributed by atoms with E-state index in [0.717, 1.165) is 18.8 Å². The third-order valence-electron chi connectivity index (χ3n) is 4.40. The van der Waals surface area contributed by atoms with Crippen molar-refractivity contribution in [3.05, 3.63) is 33.8 Å². The molecule has 1 fully saturated rings. The minimum absolute atomic E-state index is 0.133. The second-order valence-corrected chi connectivity index (χ2v) is 6.59. The van der Waals surface area contributed by atoms with E-state index in [1.165, 1.54) is 37.8 Å². The highest BCUT2D eigenvalue weighted by Crippen LogP contribution is 2.30. The van der Waals surface area contributed by atoms with Crippen LogP contribution in [0.1, 0.15) is 44.1 Å². The second kappa shape index (κ2) is 7.51. The molecule has 1 N–H and O–H groups in total. The maximum absolute atomic E-state index is 14.0. The summed E-state index contributed by atoms with van der Waals surface area (Å²) in [6, 6.07) is 2.88. The van der Waals surface area contributed by atoms with Gasteiger partial charge in [0.15, 0.2) is 0 Å². The Morgan fingerprint density at radius 1 is 1.30 bits per heavy atom. The molecule has 1 atom stereocenters. The number of hydrogen-bond donors (Lipinski definition) is 1. The number of likely N-dealkylation sites (N-methyl/N-ethyl adjacent to an activating group) is 1. The van der Waals surface area contributed by atoms with E-state index >= 15 is 0 Å². The average molecular weight is 346 g/mol. The summed E-state index contributed by atoms with van der Waals surface area (Å²) in [5.41, 5.74) is 0.185. The molecular formula is C16H22BrF2N. The molecular weight excluding hydrogens is 324 g/mol. The van der Waals surface area contributed by atoms with Gasteiger partial charge in [-0.05, 0) is 60.3 Å². The molecule has 0 heterocycles. The first-order valence-corrected chi connectivity index (χ1v) is 8.20. The molecule has 112 valence electrons. The van der Waals surface area contributed by atoms with Crippen molar-refractivity contribution in [3.63, 3.8) is 0 Å². The highest BCUT2D eigenvalue weighted by molar-refractivity contribution is 9.10. The molecule has 20 heavy (non-hydrogen) atoms. The monoisotopic (exact) mass is 345 g/mol. The summed E-state index contributed by atoms with van der Waals surface area (Å²) in [4.78, 5) is 0. The summed E-state index contributed by atoms with van der Waals surface area (Å²) >= 11 is 3.12. The first kappa shape index (κ1) is 15.9. The van der Waals surface area contributed by atoms with Gasteiger partial charge in [0.2, 0.25) is 0 Å². The molecule has 0 bridgehead atoms. The lowest BCUT2D eigenvalue weighted by Crippen LogP contribution is -2.29. The summed E-state index contributed by atoms with van der Waals surface area (Å²) in [5.74, 6) is -0.110. The molecule has 4 heteroatoms. The van der Waals surface area contributed by atoms with Gasteiger partial charge in [0.05, 0.1) is 4.47 Å². The standard InChI is InChI=1S/C16H22BrF2N/c1-20-12(7-6-11-4-2-3-5-11)10-13-15(18)9-8-14(17)16(13)19/h8-9,11-12,20H,2-7,10H2,1H3. The van der Waals surface area contributed by atoms with Crippen molar-refractivity contribution in [2.75, 3.05) is 7.05 Å². The predicted molar refractivity (Wildman–Crippen MR) is 81.8 cm³/mol. The molecule has 1 aromatic carbocycles. The second-order valence-electron chi connectivity index (χ2n) is 5.74. The van der Waals surface area contributed by atoms with Crippen molar-refractivity contribution in [3.8, 4) is 0 Å². The zero-order chi connectivity index (χ0) is 14.5. The van der Waals surface area contributed by atoms with Crippen molar-refractivity contribution in [1.29, 1.82) is 0 Å². The Bertz CT molecular complexity index is 444. The van der Waals surface area contributed by atoms with Gasteiger partial charge in [0.1, 0.15) is 11.6 Å². The molecule has 2 rings (SSSR count). The summed E-state index contributed by atoms with van der Waals surface area (Å²) in [6.45, 7) is 0. The molecule has 0 amide bonds. The lowest BCUT2D eigenvalue weighted by molar-refractivity contribution is 0.410. The van der Waals surface area contributed by atoms with Crippen LogP contribution in [0.25, 0.3) is 0 Å². The van der Waals surface area contributed by atoms with Crippen LogP contribution >= 0.6 is 15.9 Å². The van der Waals surface area contributed by atoms with E-state index in [4.69, 9.17) is 0 Å². The molecule has 1 unspecified atom stereocenters. The number of halogens is 3. The Morgan fingerprint density at radius 3 is 2.65 bits per heavy atom. The molecule has 0 saturated heterocycles. The number of rotatable bonds is 6. The van der Waals surface area contributed by atoms with Crippen molar-refractivity contribution in [1.82, 2.24) is 5.32 Å². The third-order valence-corrected chi connectivity index (χ3v) is 5.01. The lowest BCUT2D eigenvalue weighted by Gasteiger charge is -2.19. The summed E-state index contributed by atoms with van der Waals surface area (Å²) < 4.78 is 28.1. The molecule has 1 nitrogen and oxygen atoms in total. The van der Waals surface area contributed by atoms with E-state index in [9.17, 15) is 8.78 Å². The van der Waals surface area contributed by atoms with Crippen molar-refractivity contribution >= 4 is 15.9 Å². The highest BCUT2D eigenvalue weighted by atomic mass is 79.9. The molecule has 0 aliphatic heterocycles. The minimum Gasteiger partial charge on any atom is -0.317 e. The molecule has 0 aromatic heterocycles. The summed E-state index contributed by atoms with van der Waals surface area (Å²) in [6.07, 6.45) is 7.84. The van der Waals surface area contributed by atoms with Crippen LogP contribution in [0.15, 0.2) is 16.6 Å². The Hall–Kier alpha value is -0.480. The van der Waals surface area contributed by atoms with E-state index in [1.807, 2.05) is 7.05 Å². The fraction of sp³-hybridized carbons (Fsp3) is 0.625. The zero-order valence-electron chi connectivity index (χ0n) is 11.9. The van der Waals surface area contributed by atoms with E-state index < -0.39 is 11.6 Å². The van der Waals surface area contributed by atoms with Gasteiger partial charge in [-0.25, -0.2) is 8.78 Å². The van der Waals surface area contributed by atoms with Crippen molar-refractivity contribution in [2.24, 2.45) is 5.92 Å². The Labute approximate surface area is 128 Å². The van der Waals surface area contributed by atoms with Gasteiger partial charge >= 0.3 is 0 Å². The van der Waals surface area contributed by atoms with Gasteiger partial charge in [0, 0.05) is 11.6 Å². The molecule has 1 aliphatic carbocycles. The largest absolute Gasteiger partial charge is 0.317 e. The first-order chi connectivity index (χ1) is 9.61. The van der Waals surface area contributed by atoms with Crippen molar-refractivity contribution < 1.29 is 8.78 Å². The number of nitrogens with one attached hydrogen (secondary N) is 1. The van der Waals surface area contributed by atoms with Gasteiger partial charge in [-0.15, -0.1) is 0 Å². The molecule has 1 aliphatic rings. The van der Waals surface area contributed by atoms with E-state index in [1.54, 1.807) is 0 Å². The van der Waals surface area contributed by atoms with Gasteiger partial charge in [-0.3, -0.25) is 0 Å². The van der Waals surface area contributed by atoms with Crippen LogP contribution in [0.4, 0.5) is 8.78 Å². The molecule has 0 radical (unpaired) electrons. The van der Waals surface area contributed by atoms with Crippen LogP contribution in [0.5, 0.6) is 0 Å². The fourth-order valence-electron chi connectivity index (χ4n) is 3.09. The number of benzene rings is 1. The van der Waals surface area contributed by atoms with Crippen molar-refractivity contribution in [2.45, 2.75) is 51.0 Å². The van der Waals surface area contributed by atoms with Crippen LogP contribution in [-0.2, 0) is 6.42 Å². The van der Waals surface area contributed by atoms with Crippen LogP contribution in [-0.4, -0.2) is 13.1 Å². The normalized spacial score (nSPS) is 17.6. The van der Waals surface area contributed by atoms with E-state index in [-0.39, 0.29) is 11.6 Å². The first-order valence-electron chi connectivity index (χ1n) is 7.41. The lowest BCUT2D eigenvalue weighted by atomic mass is 9.95. The van der Waals surface area contributed by atoms with E-state index in [2.05, 4.69) is 21.2 Å². The summed E-state index contributed by atoms with van der Waals surface area (Å²) in [7, 11) is 1.87. The molecule has 1 aromatic rings. The topological polar surface area (TPSA) is 12.0 Å². The summed E-state index contributed by atoms with van der Waals surface area (Å²) in [5, 5.41) is 3.20. The van der Waals surface area contributed by atoms with Crippen LogP contribution < -0.4 is 5.32 Å². The minimum atomic E-state index is -0.467. The number of hydrogen-bond acceptors (Lipinski definition) is 1. The van der Waals surface area contributed by atoms with Gasteiger partial charge in [0.25, 0.3) is 0 Å². The smallest absolute Gasteiger partial charge is 0.143 e.